The second kappa shape index (κ2) is 6.49. The lowest BCUT2D eigenvalue weighted by atomic mass is 10.1. The van der Waals surface area contributed by atoms with Crippen molar-refractivity contribution in [1.29, 1.82) is 0 Å². The van der Waals surface area contributed by atoms with Gasteiger partial charge in [0.1, 0.15) is 5.52 Å². The molecule has 0 saturated carbocycles. The van der Waals surface area contributed by atoms with Crippen LogP contribution in [0.15, 0.2) is 47.0 Å². The van der Waals surface area contributed by atoms with Crippen LogP contribution in [0.4, 0.5) is 13.2 Å². The van der Waals surface area contributed by atoms with E-state index in [2.05, 4.69) is 20.5 Å². The monoisotopic (exact) mass is 373 g/mol. The van der Waals surface area contributed by atoms with Crippen LogP contribution in [-0.4, -0.2) is 25.1 Å². The Hall–Kier alpha value is -3.23. The molecule has 0 aliphatic rings. The van der Waals surface area contributed by atoms with Crippen LogP contribution in [0.25, 0.3) is 33.9 Å². The minimum Gasteiger partial charge on any atom is -0.334 e. The molecule has 9 heteroatoms. The Kier molecular flexibility index (Phi) is 4.14. The van der Waals surface area contributed by atoms with Gasteiger partial charge in [-0.15, -0.1) is 5.10 Å². The summed E-state index contributed by atoms with van der Waals surface area (Å²) in [5.41, 5.74) is 1.14. The third kappa shape index (κ3) is 3.16. The van der Waals surface area contributed by atoms with E-state index in [9.17, 15) is 13.2 Å². The number of halogens is 3. The molecule has 2 heterocycles. The molecule has 0 bridgehead atoms. The van der Waals surface area contributed by atoms with E-state index < -0.39 is 11.7 Å². The molecule has 0 aliphatic carbocycles. The van der Waals surface area contributed by atoms with Gasteiger partial charge in [0.2, 0.25) is 5.82 Å². The molecule has 2 aromatic carbocycles. The molecule has 6 nitrogen and oxygen atoms in total. The minimum absolute atomic E-state index is 0.154. The van der Waals surface area contributed by atoms with Crippen molar-refractivity contribution in [3.63, 3.8) is 0 Å². The molecule has 0 unspecified atom stereocenters. The van der Waals surface area contributed by atoms with Crippen molar-refractivity contribution in [3.8, 4) is 22.8 Å². The smallest absolute Gasteiger partial charge is 0.334 e. The number of hydrogen-bond acceptors (Lipinski definition) is 5. The average molecular weight is 373 g/mol. The molecular weight excluding hydrogens is 359 g/mol. The molecule has 4 rings (SSSR count). The lowest BCUT2D eigenvalue weighted by molar-refractivity contribution is -0.137. The highest BCUT2D eigenvalue weighted by Gasteiger charge is 2.34. The third-order valence-corrected chi connectivity index (χ3v) is 4.10. The average Bonchev–Trinajstić information content (AvgIpc) is 3.28. The van der Waals surface area contributed by atoms with Crippen LogP contribution in [0.2, 0.25) is 0 Å². The zero-order valence-corrected chi connectivity index (χ0v) is 14.2. The fourth-order valence-electron chi connectivity index (χ4n) is 2.86. The molecule has 0 radical (unpaired) electrons. The lowest BCUT2D eigenvalue weighted by Gasteiger charge is -2.09. The fourth-order valence-corrected chi connectivity index (χ4v) is 2.86. The third-order valence-electron chi connectivity index (χ3n) is 4.10. The number of nitrogens with zero attached hydrogens (tertiary/aromatic N) is 5. The van der Waals surface area contributed by atoms with Gasteiger partial charge < -0.3 is 4.52 Å². The van der Waals surface area contributed by atoms with Crippen LogP contribution in [0.3, 0.4) is 0 Å². The Morgan fingerprint density at radius 1 is 1.11 bits per heavy atom. The van der Waals surface area contributed by atoms with Crippen LogP contribution in [0.5, 0.6) is 0 Å². The molecular formula is C18H14F3N5O. The van der Waals surface area contributed by atoms with E-state index >= 15 is 0 Å². The van der Waals surface area contributed by atoms with Crippen LogP contribution in [-0.2, 0) is 12.7 Å². The summed E-state index contributed by atoms with van der Waals surface area (Å²) >= 11 is 0. The zero-order chi connectivity index (χ0) is 19.0. The van der Waals surface area contributed by atoms with Gasteiger partial charge in [-0.1, -0.05) is 29.4 Å². The van der Waals surface area contributed by atoms with E-state index in [4.69, 9.17) is 4.52 Å². The van der Waals surface area contributed by atoms with Crippen LogP contribution in [0.1, 0.15) is 18.9 Å². The lowest BCUT2D eigenvalue weighted by Crippen LogP contribution is -2.06. The summed E-state index contributed by atoms with van der Waals surface area (Å²) < 4.78 is 46.5. The van der Waals surface area contributed by atoms with Crippen LogP contribution in [0, 0.1) is 0 Å². The molecule has 0 fully saturated rings. The fraction of sp³-hybridized carbons (Fsp3) is 0.222. The molecule has 138 valence electrons. The van der Waals surface area contributed by atoms with E-state index in [0.717, 1.165) is 24.5 Å². The molecule has 0 N–H and O–H groups in total. The van der Waals surface area contributed by atoms with Gasteiger partial charge in [-0.3, -0.25) is 0 Å². The highest BCUT2D eigenvalue weighted by molar-refractivity contribution is 5.80. The molecule has 27 heavy (non-hydrogen) atoms. The van der Waals surface area contributed by atoms with E-state index in [-0.39, 0.29) is 17.3 Å². The Labute approximate surface area is 151 Å². The van der Waals surface area contributed by atoms with E-state index in [0.29, 0.717) is 11.1 Å². The summed E-state index contributed by atoms with van der Waals surface area (Å²) in [6, 6.07) is 10.4. The van der Waals surface area contributed by atoms with E-state index in [1.165, 1.54) is 18.2 Å². The summed E-state index contributed by atoms with van der Waals surface area (Å²) in [7, 11) is 0. The van der Waals surface area contributed by atoms with Gasteiger partial charge in [0.05, 0.1) is 16.6 Å². The van der Waals surface area contributed by atoms with Crippen molar-refractivity contribution in [2.24, 2.45) is 0 Å². The molecule has 0 aliphatic heterocycles. The Morgan fingerprint density at radius 3 is 2.70 bits per heavy atom. The zero-order valence-electron chi connectivity index (χ0n) is 14.2. The minimum atomic E-state index is -4.51. The van der Waals surface area contributed by atoms with Crippen LogP contribution >= 0.6 is 0 Å². The molecule has 0 spiro atoms. The number of hydrogen-bond donors (Lipinski definition) is 0. The van der Waals surface area contributed by atoms with Crippen molar-refractivity contribution < 1.29 is 17.7 Å². The van der Waals surface area contributed by atoms with Crippen molar-refractivity contribution >= 4 is 11.0 Å². The van der Waals surface area contributed by atoms with Crippen molar-refractivity contribution in [3.05, 3.63) is 48.0 Å². The normalized spacial score (nSPS) is 12.0. The summed E-state index contributed by atoms with van der Waals surface area (Å²) in [5.74, 6) is 0.00146. The molecule has 2 aromatic heterocycles. The van der Waals surface area contributed by atoms with Crippen molar-refractivity contribution in [2.45, 2.75) is 26.1 Å². The number of rotatable bonds is 4. The number of fused-ring (bicyclic) bond motifs is 1. The second-order valence-electron chi connectivity index (χ2n) is 5.98. The quantitative estimate of drug-likeness (QED) is 0.524. The first kappa shape index (κ1) is 17.2. The van der Waals surface area contributed by atoms with Crippen molar-refractivity contribution in [1.82, 2.24) is 25.1 Å². The maximum absolute atomic E-state index is 13.2. The summed E-state index contributed by atoms with van der Waals surface area (Å²) in [5, 5.41) is 12.0. The first-order valence-corrected chi connectivity index (χ1v) is 8.31. The molecule has 0 saturated heterocycles. The summed E-state index contributed by atoms with van der Waals surface area (Å²) in [4.78, 5) is 4.14. The topological polar surface area (TPSA) is 69.6 Å². The predicted octanol–water partition coefficient (Wildman–Crippen LogP) is 4.58. The molecule has 0 atom stereocenters. The first-order chi connectivity index (χ1) is 13.0. The van der Waals surface area contributed by atoms with Gasteiger partial charge in [0, 0.05) is 12.1 Å². The van der Waals surface area contributed by atoms with Gasteiger partial charge in [-0.2, -0.15) is 18.2 Å². The highest BCUT2D eigenvalue weighted by atomic mass is 19.4. The van der Waals surface area contributed by atoms with Gasteiger partial charge in [-0.05, 0) is 36.8 Å². The maximum Gasteiger partial charge on any atom is 0.417 e. The maximum atomic E-state index is 13.2. The Bertz CT molecular complexity index is 1100. The summed E-state index contributed by atoms with van der Waals surface area (Å²) in [6.45, 7) is 2.79. The van der Waals surface area contributed by atoms with Crippen molar-refractivity contribution in [2.75, 3.05) is 0 Å². The number of aryl methyl sites for hydroxylation is 1. The van der Waals surface area contributed by atoms with Gasteiger partial charge in [0.15, 0.2) is 0 Å². The van der Waals surface area contributed by atoms with Crippen LogP contribution < -0.4 is 0 Å². The Balaban J connectivity index is 1.73. The van der Waals surface area contributed by atoms with E-state index in [1.807, 2.05) is 13.0 Å². The SMILES string of the molecule is CCCn1nnc2cc(-c3noc(-c4ccccc4C(F)(F)F)n3)ccc21. The van der Waals surface area contributed by atoms with E-state index in [1.54, 1.807) is 16.8 Å². The molecule has 4 aromatic rings. The van der Waals surface area contributed by atoms with Gasteiger partial charge in [0.25, 0.3) is 5.89 Å². The Morgan fingerprint density at radius 2 is 1.93 bits per heavy atom. The highest BCUT2D eigenvalue weighted by Crippen LogP contribution is 2.36. The van der Waals surface area contributed by atoms with Gasteiger partial charge in [-0.25, -0.2) is 4.68 Å². The largest absolute Gasteiger partial charge is 0.417 e. The second-order valence-corrected chi connectivity index (χ2v) is 5.98. The van der Waals surface area contributed by atoms with Gasteiger partial charge >= 0.3 is 6.18 Å². The number of alkyl halides is 3. The predicted molar refractivity (Wildman–Crippen MR) is 91.5 cm³/mol. The standard InChI is InChI=1S/C18H14F3N5O/c1-2-9-26-15-8-7-11(10-14(15)23-25-26)16-22-17(27-24-16)12-5-3-4-6-13(12)18(19,20)21/h3-8,10H,2,9H2,1H3. The number of aromatic nitrogens is 5. The summed E-state index contributed by atoms with van der Waals surface area (Å²) in [6.07, 6.45) is -3.59. The number of benzene rings is 2. The molecule has 0 amide bonds. The first-order valence-electron chi connectivity index (χ1n) is 8.31.